The first-order chi connectivity index (χ1) is 6.52. The average Bonchev–Trinajstić information content (AvgIpc) is 1.79. The summed E-state index contributed by atoms with van der Waals surface area (Å²) < 4.78 is 27.3. The number of rotatable bonds is 2. The minimum Gasteiger partial charge on any atom is -0.329 e. The summed E-state index contributed by atoms with van der Waals surface area (Å²) in [5, 5.41) is 27.3. The fraction of sp³-hybridized carbons (Fsp3) is 1.00. The maximum Gasteiger partial charge on any atom is 0.291 e. The fourth-order valence-electron chi connectivity index (χ4n) is 0.149. The summed E-state index contributed by atoms with van der Waals surface area (Å²) in [4.78, 5) is 16.7. The smallest absolute Gasteiger partial charge is 0.291 e. The summed E-state index contributed by atoms with van der Waals surface area (Å²) in [5.74, 6) is -0.354. The molecular weight excluding hydrogens is 242 g/mol. The van der Waals surface area contributed by atoms with E-state index in [4.69, 9.17) is 40.9 Å². The summed E-state index contributed by atoms with van der Waals surface area (Å²) >= 11 is 0. The Labute approximate surface area is 82.9 Å². The van der Waals surface area contributed by atoms with Gasteiger partial charge in [-0.05, 0) is 0 Å². The number of hydrogen-bond donors (Lipinski definition) is 4. The summed E-state index contributed by atoms with van der Waals surface area (Å²) in [6, 6.07) is 0. The average molecular weight is 251 g/mol. The highest BCUT2D eigenvalue weighted by Crippen LogP contribution is 1.74. The van der Waals surface area contributed by atoms with Crippen molar-refractivity contribution in [1.29, 1.82) is 0 Å². The third-order valence-electron chi connectivity index (χ3n) is 0.376. The molecule has 0 amide bonds. The maximum atomic E-state index is 9.71. The quantitative estimate of drug-likeness (QED) is 0.244. The molecule has 0 aliphatic rings. The Morgan fingerprint density at radius 1 is 1.13 bits per heavy atom. The molecule has 0 atom stereocenters. The Balaban J connectivity index is -0.000000155. The first-order valence-electron chi connectivity index (χ1n) is 2.84. The molecule has 0 saturated carbocycles. The fourth-order valence-corrected chi connectivity index (χ4v) is 0.447. The molecule has 0 aromatic heterocycles. The van der Waals surface area contributed by atoms with Crippen molar-refractivity contribution in [1.82, 2.24) is 0 Å². The second kappa shape index (κ2) is 10.4. The van der Waals surface area contributed by atoms with Crippen LogP contribution in [0.1, 0.15) is 0 Å². The molecule has 15 heavy (non-hydrogen) atoms. The van der Waals surface area contributed by atoms with Gasteiger partial charge in [-0.3, -0.25) is 4.55 Å². The molecule has 0 bridgehead atoms. The molecule has 5 N–H and O–H groups in total. The monoisotopic (exact) mass is 251 g/mol. The van der Waals surface area contributed by atoms with Crippen LogP contribution in [0, 0.1) is 20.2 Å². The van der Waals surface area contributed by atoms with Gasteiger partial charge in [0.05, 0.1) is 5.75 Å². The van der Waals surface area contributed by atoms with Gasteiger partial charge in [-0.2, -0.15) is 8.42 Å². The predicted molar refractivity (Wildman–Crippen MR) is 43.0 cm³/mol. The summed E-state index contributed by atoms with van der Waals surface area (Å²) in [7, 11) is -3.80. The van der Waals surface area contributed by atoms with Crippen molar-refractivity contribution in [2.24, 2.45) is 5.73 Å². The highest BCUT2D eigenvalue weighted by Gasteiger charge is 1.98. The lowest BCUT2D eigenvalue weighted by Gasteiger charge is -1.86. The minimum atomic E-state index is -3.80. The molecule has 12 nitrogen and oxygen atoms in total. The van der Waals surface area contributed by atoms with Gasteiger partial charge < -0.3 is 16.1 Å². The summed E-state index contributed by atoms with van der Waals surface area (Å²) in [6.45, 7) is -0.0289. The van der Waals surface area contributed by atoms with Gasteiger partial charge in [-0.15, -0.1) is 20.2 Å². The largest absolute Gasteiger partial charge is 0.329 e. The Morgan fingerprint density at radius 3 is 1.33 bits per heavy atom. The second-order valence-electron chi connectivity index (χ2n) is 1.55. The van der Waals surface area contributed by atoms with E-state index < -0.39 is 20.3 Å². The van der Waals surface area contributed by atoms with E-state index in [-0.39, 0.29) is 12.3 Å². The molecule has 0 aliphatic carbocycles. The zero-order chi connectivity index (χ0) is 13.1. The third-order valence-corrected chi connectivity index (χ3v) is 1.13. The number of nitrogens with zero attached hydrogens (tertiary/aromatic N) is 2. The zero-order valence-electron chi connectivity index (χ0n) is 7.09. The molecule has 0 rings (SSSR count). The van der Waals surface area contributed by atoms with Gasteiger partial charge in [-0.1, -0.05) is 0 Å². The second-order valence-corrected chi connectivity index (χ2v) is 3.12. The van der Waals surface area contributed by atoms with Crippen LogP contribution in [0.4, 0.5) is 0 Å². The zero-order valence-corrected chi connectivity index (χ0v) is 7.90. The van der Waals surface area contributed by atoms with E-state index >= 15 is 0 Å². The van der Waals surface area contributed by atoms with Gasteiger partial charge >= 0.3 is 0 Å². The van der Waals surface area contributed by atoms with Gasteiger partial charge in [0.2, 0.25) is 0 Å². The molecular formula is C2H9N3O9S. The van der Waals surface area contributed by atoms with Crippen molar-refractivity contribution < 1.29 is 33.6 Å². The van der Waals surface area contributed by atoms with E-state index in [0.29, 0.717) is 0 Å². The highest BCUT2D eigenvalue weighted by atomic mass is 32.2. The lowest BCUT2D eigenvalue weighted by atomic mass is 10.8. The van der Waals surface area contributed by atoms with Crippen LogP contribution in [0.25, 0.3) is 0 Å². The van der Waals surface area contributed by atoms with E-state index in [1.165, 1.54) is 0 Å². The molecule has 0 aromatic rings. The van der Waals surface area contributed by atoms with Crippen molar-refractivity contribution >= 4 is 10.1 Å². The lowest BCUT2D eigenvalue weighted by molar-refractivity contribution is -0.742. The van der Waals surface area contributed by atoms with E-state index in [2.05, 4.69) is 0 Å². The highest BCUT2D eigenvalue weighted by molar-refractivity contribution is 7.85. The normalized spacial score (nSPS) is 8.67. The molecule has 13 heteroatoms. The van der Waals surface area contributed by atoms with Crippen LogP contribution in [0.2, 0.25) is 0 Å². The molecule has 92 valence electrons. The molecule has 0 saturated heterocycles. The van der Waals surface area contributed by atoms with Gasteiger partial charge in [0.15, 0.2) is 0 Å². The van der Waals surface area contributed by atoms with Crippen molar-refractivity contribution in [3.63, 3.8) is 0 Å². The molecule has 0 heterocycles. The van der Waals surface area contributed by atoms with E-state index in [9.17, 15) is 8.42 Å². The van der Waals surface area contributed by atoms with Crippen LogP contribution in [0.15, 0.2) is 0 Å². The SMILES string of the molecule is NCCS(=O)(=O)O.O=[N+]([O-])O.O=[N+]([O-])O. The van der Waals surface area contributed by atoms with Gasteiger partial charge in [0, 0.05) is 6.54 Å². The van der Waals surface area contributed by atoms with Crippen molar-refractivity contribution in [2.45, 2.75) is 0 Å². The van der Waals surface area contributed by atoms with E-state index in [1.54, 1.807) is 0 Å². The molecule has 0 radical (unpaired) electrons. The van der Waals surface area contributed by atoms with Gasteiger partial charge in [-0.25, -0.2) is 0 Å². The summed E-state index contributed by atoms with van der Waals surface area (Å²) in [5.41, 5.74) is 4.78. The maximum absolute atomic E-state index is 9.71. The number of hydrogen-bond acceptors (Lipinski definition) is 7. The number of nitrogens with two attached hydrogens (primary N) is 1. The first kappa shape index (κ1) is 18.9. The van der Waals surface area contributed by atoms with Crippen LogP contribution in [-0.2, 0) is 10.1 Å². The van der Waals surface area contributed by atoms with Crippen LogP contribution in [-0.4, -0.2) is 45.9 Å². The first-order valence-corrected chi connectivity index (χ1v) is 4.45. The van der Waals surface area contributed by atoms with Gasteiger partial charge in [0.1, 0.15) is 0 Å². The molecule has 0 unspecified atom stereocenters. The lowest BCUT2D eigenvalue weighted by Crippen LogP contribution is -2.13. The molecule has 0 spiro atoms. The molecule has 0 aromatic carbocycles. The van der Waals surface area contributed by atoms with Crippen LogP contribution in [0.3, 0.4) is 0 Å². The van der Waals surface area contributed by atoms with Crippen molar-refractivity contribution in [3.05, 3.63) is 20.2 Å². The third kappa shape index (κ3) is 251. The van der Waals surface area contributed by atoms with E-state index in [0.717, 1.165) is 0 Å². The van der Waals surface area contributed by atoms with Crippen molar-refractivity contribution in [3.8, 4) is 0 Å². The molecule has 0 aliphatic heterocycles. The topological polar surface area (TPSA) is 207 Å². The Hall–Kier alpha value is -1.73. The van der Waals surface area contributed by atoms with E-state index in [1.807, 2.05) is 0 Å². The Morgan fingerprint density at radius 2 is 1.33 bits per heavy atom. The molecule has 0 fully saturated rings. The van der Waals surface area contributed by atoms with Crippen LogP contribution < -0.4 is 5.73 Å². The van der Waals surface area contributed by atoms with Crippen LogP contribution in [0.5, 0.6) is 0 Å². The standard InChI is InChI=1S/C2H7NO3S.2HNO3/c3-1-2-7(4,5)6;2*2-1(3)4/h1-3H2,(H,4,5,6);2*(H,2,3,4). The van der Waals surface area contributed by atoms with Gasteiger partial charge in [0.25, 0.3) is 20.3 Å². The van der Waals surface area contributed by atoms with Crippen molar-refractivity contribution in [2.75, 3.05) is 12.3 Å². The minimum absolute atomic E-state index is 0.0289. The Kier molecular flexibility index (Phi) is 13.1. The Bertz CT molecular complexity index is 251. The predicted octanol–water partition coefficient (Wildman–Crippen LogP) is -1.86. The summed E-state index contributed by atoms with van der Waals surface area (Å²) in [6.07, 6.45) is 0. The van der Waals surface area contributed by atoms with Crippen LogP contribution >= 0.6 is 0 Å².